The molecule has 4 heteroatoms. The molecular weight excluding hydrogens is 226 g/mol. The van der Waals surface area contributed by atoms with Gasteiger partial charge in [0.2, 0.25) is 5.91 Å². The van der Waals surface area contributed by atoms with E-state index in [9.17, 15) is 4.79 Å². The maximum Gasteiger partial charge on any atom is 0.235 e. The number of amides is 1. The van der Waals surface area contributed by atoms with Crippen LogP contribution in [0.25, 0.3) is 0 Å². The van der Waals surface area contributed by atoms with Crippen LogP contribution < -0.4 is 11.1 Å². The van der Waals surface area contributed by atoms with Gasteiger partial charge >= 0.3 is 0 Å². The molecule has 0 aromatic carbocycles. The van der Waals surface area contributed by atoms with Gasteiger partial charge in [-0.15, -0.1) is 0 Å². The highest BCUT2D eigenvalue weighted by molar-refractivity contribution is 5.80. The third kappa shape index (κ3) is 7.67. The van der Waals surface area contributed by atoms with Crippen molar-refractivity contribution in [2.45, 2.75) is 65.5 Å². The van der Waals surface area contributed by atoms with Crippen molar-refractivity contribution in [2.75, 3.05) is 19.6 Å². The maximum absolute atomic E-state index is 11.4. The van der Waals surface area contributed by atoms with Gasteiger partial charge in [-0.05, 0) is 39.8 Å². The second-order valence-electron chi connectivity index (χ2n) is 5.20. The molecule has 1 amide bonds. The SMILES string of the molecule is CCCCCN(CC(NCCC)C(N)=O)C(C)C. The Kier molecular flexibility index (Phi) is 9.98. The zero-order valence-electron chi connectivity index (χ0n) is 12.5. The third-order valence-corrected chi connectivity index (χ3v) is 3.18. The van der Waals surface area contributed by atoms with Gasteiger partial charge in [0.15, 0.2) is 0 Å². The summed E-state index contributed by atoms with van der Waals surface area (Å²) in [5, 5.41) is 3.23. The van der Waals surface area contributed by atoms with Crippen molar-refractivity contribution in [3.63, 3.8) is 0 Å². The van der Waals surface area contributed by atoms with Crippen LogP contribution in [0, 0.1) is 0 Å². The first kappa shape index (κ1) is 17.4. The van der Waals surface area contributed by atoms with Gasteiger partial charge in [0, 0.05) is 12.6 Å². The summed E-state index contributed by atoms with van der Waals surface area (Å²) in [6.07, 6.45) is 4.67. The van der Waals surface area contributed by atoms with Crippen LogP contribution in [0.5, 0.6) is 0 Å². The number of nitrogens with zero attached hydrogens (tertiary/aromatic N) is 1. The quantitative estimate of drug-likeness (QED) is 0.554. The molecule has 0 spiro atoms. The smallest absolute Gasteiger partial charge is 0.235 e. The van der Waals surface area contributed by atoms with Crippen molar-refractivity contribution in [1.29, 1.82) is 0 Å². The van der Waals surface area contributed by atoms with Crippen LogP contribution in [-0.2, 0) is 4.79 Å². The van der Waals surface area contributed by atoms with E-state index >= 15 is 0 Å². The van der Waals surface area contributed by atoms with E-state index in [1.165, 1.54) is 19.3 Å². The van der Waals surface area contributed by atoms with Gasteiger partial charge in [-0.1, -0.05) is 26.7 Å². The normalized spacial score (nSPS) is 13.2. The first-order chi connectivity index (χ1) is 8.52. The van der Waals surface area contributed by atoms with Crippen LogP contribution in [-0.4, -0.2) is 42.5 Å². The Balaban J connectivity index is 4.27. The van der Waals surface area contributed by atoms with E-state index in [0.717, 1.165) is 26.1 Å². The lowest BCUT2D eigenvalue weighted by molar-refractivity contribution is -0.120. The Morgan fingerprint density at radius 3 is 2.33 bits per heavy atom. The first-order valence-electron chi connectivity index (χ1n) is 7.29. The zero-order valence-corrected chi connectivity index (χ0v) is 12.5. The Bertz CT molecular complexity index is 219. The van der Waals surface area contributed by atoms with Gasteiger partial charge in [-0.2, -0.15) is 0 Å². The molecule has 0 aromatic rings. The molecule has 0 fully saturated rings. The number of unbranched alkanes of at least 4 members (excludes halogenated alkanes) is 2. The highest BCUT2D eigenvalue weighted by Gasteiger charge is 2.19. The van der Waals surface area contributed by atoms with E-state index in [1.807, 2.05) is 0 Å². The van der Waals surface area contributed by atoms with Crippen LogP contribution in [0.15, 0.2) is 0 Å². The molecule has 1 unspecified atom stereocenters. The molecule has 0 aromatic heterocycles. The van der Waals surface area contributed by atoms with Crippen LogP contribution in [0.1, 0.15) is 53.4 Å². The maximum atomic E-state index is 11.4. The summed E-state index contributed by atoms with van der Waals surface area (Å²) in [4.78, 5) is 13.8. The summed E-state index contributed by atoms with van der Waals surface area (Å²) in [5.74, 6) is -0.246. The van der Waals surface area contributed by atoms with Crippen molar-refractivity contribution in [2.24, 2.45) is 5.73 Å². The molecule has 0 aliphatic rings. The lowest BCUT2D eigenvalue weighted by atomic mass is 10.1. The van der Waals surface area contributed by atoms with Gasteiger partial charge in [0.1, 0.15) is 0 Å². The van der Waals surface area contributed by atoms with Gasteiger partial charge in [0.25, 0.3) is 0 Å². The summed E-state index contributed by atoms with van der Waals surface area (Å²) in [6, 6.07) is 0.223. The number of primary amides is 1. The molecule has 0 rings (SSSR count). The molecule has 1 atom stereocenters. The molecule has 18 heavy (non-hydrogen) atoms. The fraction of sp³-hybridized carbons (Fsp3) is 0.929. The number of nitrogens with two attached hydrogens (primary N) is 1. The number of carbonyl (C=O) groups excluding carboxylic acids is 1. The molecule has 4 nitrogen and oxygen atoms in total. The lowest BCUT2D eigenvalue weighted by Crippen LogP contribution is -2.51. The molecule has 0 heterocycles. The second-order valence-corrected chi connectivity index (χ2v) is 5.20. The third-order valence-electron chi connectivity index (χ3n) is 3.18. The van der Waals surface area contributed by atoms with E-state index in [-0.39, 0.29) is 11.9 Å². The number of hydrogen-bond donors (Lipinski definition) is 2. The Morgan fingerprint density at radius 2 is 1.89 bits per heavy atom. The monoisotopic (exact) mass is 257 g/mol. The molecule has 0 saturated heterocycles. The van der Waals surface area contributed by atoms with Crippen molar-refractivity contribution < 1.29 is 4.79 Å². The Hall–Kier alpha value is -0.610. The standard InChI is InChI=1S/C14H31N3O/c1-5-7-8-10-17(12(3)4)11-13(14(15)18)16-9-6-2/h12-13,16H,5-11H2,1-4H3,(H2,15,18). The van der Waals surface area contributed by atoms with E-state index in [1.54, 1.807) is 0 Å². The Morgan fingerprint density at radius 1 is 1.22 bits per heavy atom. The average Bonchev–Trinajstić information content (AvgIpc) is 2.31. The molecule has 3 N–H and O–H groups in total. The minimum Gasteiger partial charge on any atom is -0.368 e. The minimum absolute atomic E-state index is 0.228. The molecule has 0 radical (unpaired) electrons. The second kappa shape index (κ2) is 10.3. The van der Waals surface area contributed by atoms with E-state index in [0.29, 0.717) is 6.04 Å². The number of nitrogens with one attached hydrogen (secondary N) is 1. The largest absolute Gasteiger partial charge is 0.368 e. The molecule has 108 valence electrons. The van der Waals surface area contributed by atoms with E-state index < -0.39 is 0 Å². The van der Waals surface area contributed by atoms with Gasteiger partial charge in [-0.3, -0.25) is 9.69 Å². The van der Waals surface area contributed by atoms with Gasteiger partial charge in [-0.25, -0.2) is 0 Å². The highest BCUT2D eigenvalue weighted by atomic mass is 16.1. The predicted octanol–water partition coefficient (Wildman–Crippen LogP) is 1.74. The summed E-state index contributed by atoms with van der Waals surface area (Å²) in [5.41, 5.74) is 5.45. The van der Waals surface area contributed by atoms with Crippen molar-refractivity contribution >= 4 is 5.91 Å². The topological polar surface area (TPSA) is 58.4 Å². The minimum atomic E-state index is -0.246. The summed E-state index contributed by atoms with van der Waals surface area (Å²) >= 11 is 0. The zero-order chi connectivity index (χ0) is 14.0. The van der Waals surface area contributed by atoms with Crippen molar-refractivity contribution in [3.8, 4) is 0 Å². The first-order valence-corrected chi connectivity index (χ1v) is 7.29. The fourth-order valence-electron chi connectivity index (χ4n) is 1.93. The van der Waals surface area contributed by atoms with Gasteiger partial charge in [0.05, 0.1) is 6.04 Å². The van der Waals surface area contributed by atoms with Crippen LogP contribution in [0.4, 0.5) is 0 Å². The Labute approximate surface area is 112 Å². The summed E-state index contributed by atoms with van der Waals surface area (Å²) in [6.45, 7) is 11.2. The highest BCUT2D eigenvalue weighted by Crippen LogP contribution is 2.04. The van der Waals surface area contributed by atoms with Crippen LogP contribution >= 0.6 is 0 Å². The van der Waals surface area contributed by atoms with E-state index in [2.05, 4.69) is 37.9 Å². The molecule has 0 saturated carbocycles. The van der Waals surface area contributed by atoms with Gasteiger partial charge < -0.3 is 11.1 Å². The fourth-order valence-corrected chi connectivity index (χ4v) is 1.93. The predicted molar refractivity (Wildman–Crippen MR) is 77.5 cm³/mol. The van der Waals surface area contributed by atoms with E-state index in [4.69, 9.17) is 5.73 Å². The molecule has 0 aliphatic heterocycles. The number of rotatable bonds is 11. The number of carbonyl (C=O) groups is 1. The molecular formula is C14H31N3O. The molecule has 0 bridgehead atoms. The van der Waals surface area contributed by atoms with Crippen LogP contribution in [0.2, 0.25) is 0 Å². The molecule has 0 aliphatic carbocycles. The lowest BCUT2D eigenvalue weighted by Gasteiger charge is -2.30. The summed E-state index contributed by atoms with van der Waals surface area (Å²) < 4.78 is 0. The number of hydrogen-bond acceptors (Lipinski definition) is 3. The van der Waals surface area contributed by atoms with Crippen LogP contribution in [0.3, 0.4) is 0 Å². The average molecular weight is 257 g/mol. The summed E-state index contributed by atoms with van der Waals surface area (Å²) in [7, 11) is 0. The van der Waals surface area contributed by atoms with Crippen molar-refractivity contribution in [3.05, 3.63) is 0 Å². The van der Waals surface area contributed by atoms with Crippen molar-refractivity contribution in [1.82, 2.24) is 10.2 Å².